The molecule has 0 aliphatic rings. The van der Waals surface area contributed by atoms with E-state index >= 15 is 0 Å². The lowest BCUT2D eigenvalue weighted by Crippen LogP contribution is -2.14. The average Bonchev–Trinajstić information content (AvgIpc) is 2.96. The highest BCUT2D eigenvalue weighted by Gasteiger charge is 2.20. The molecule has 0 fully saturated rings. The van der Waals surface area contributed by atoms with Crippen LogP contribution in [0.5, 0.6) is 0 Å². The number of aromatic nitrogens is 3. The van der Waals surface area contributed by atoms with Crippen molar-refractivity contribution in [2.24, 2.45) is 0 Å². The van der Waals surface area contributed by atoms with Crippen LogP contribution in [0.4, 0.5) is 5.69 Å². The van der Waals surface area contributed by atoms with Crippen LogP contribution in [-0.2, 0) is 0 Å². The summed E-state index contributed by atoms with van der Waals surface area (Å²) in [6.07, 6.45) is 0. The second-order valence-electron chi connectivity index (χ2n) is 6.58. The minimum atomic E-state index is -0.164. The first kappa shape index (κ1) is 17.0. The van der Waals surface area contributed by atoms with E-state index in [1.54, 1.807) is 4.68 Å². The molecule has 0 atom stereocenters. The predicted octanol–water partition coefficient (Wildman–Crippen LogP) is 4.60. The number of rotatable bonds is 3. The number of pyridine rings is 1. The Morgan fingerprint density at radius 1 is 0.963 bits per heavy atom. The number of amides is 1. The summed E-state index contributed by atoms with van der Waals surface area (Å²) < 4.78 is 1.81. The van der Waals surface area contributed by atoms with Crippen LogP contribution in [0.25, 0.3) is 16.6 Å². The first-order valence-electron chi connectivity index (χ1n) is 8.84. The van der Waals surface area contributed by atoms with Crippen LogP contribution in [0.15, 0.2) is 60.7 Å². The molecule has 2 aromatic heterocycles. The Hall–Kier alpha value is -3.47. The van der Waals surface area contributed by atoms with E-state index in [0.29, 0.717) is 11.3 Å². The van der Waals surface area contributed by atoms with Gasteiger partial charge in [0.25, 0.3) is 5.91 Å². The van der Waals surface area contributed by atoms with Gasteiger partial charge in [0.05, 0.1) is 33.8 Å². The third-order valence-electron chi connectivity index (χ3n) is 4.61. The Balaban J connectivity index is 1.74. The molecule has 2 aromatic carbocycles. The Morgan fingerprint density at radius 2 is 1.67 bits per heavy atom. The highest BCUT2D eigenvalue weighted by atomic mass is 16.1. The zero-order valence-electron chi connectivity index (χ0n) is 15.5. The predicted molar refractivity (Wildman–Crippen MR) is 107 cm³/mol. The molecule has 27 heavy (non-hydrogen) atoms. The summed E-state index contributed by atoms with van der Waals surface area (Å²) in [5.74, 6) is -0.164. The number of hydrogen-bond acceptors (Lipinski definition) is 3. The molecule has 0 aliphatic carbocycles. The molecule has 0 bridgehead atoms. The molecule has 4 rings (SSSR count). The van der Waals surface area contributed by atoms with Gasteiger partial charge < -0.3 is 5.32 Å². The maximum Gasteiger partial charge on any atom is 0.259 e. The average molecular weight is 356 g/mol. The lowest BCUT2D eigenvalue weighted by atomic mass is 10.1. The minimum absolute atomic E-state index is 0.164. The Morgan fingerprint density at radius 3 is 2.44 bits per heavy atom. The van der Waals surface area contributed by atoms with Crippen molar-refractivity contribution in [3.05, 3.63) is 83.3 Å². The fraction of sp³-hybridized carbons (Fsp3) is 0.136. The van der Waals surface area contributed by atoms with Gasteiger partial charge in [0.1, 0.15) is 0 Å². The summed E-state index contributed by atoms with van der Waals surface area (Å²) in [7, 11) is 0. The number of aryl methyl sites for hydroxylation is 2. The maximum atomic E-state index is 13.1. The summed E-state index contributed by atoms with van der Waals surface area (Å²) in [5.41, 5.74) is 5.52. The largest absolute Gasteiger partial charge is 0.321 e. The molecule has 0 radical (unpaired) electrons. The Bertz CT molecular complexity index is 1150. The number of fused-ring (bicyclic) bond motifs is 1. The van der Waals surface area contributed by atoms with Gasteiger partial charge >= 0.3 is 0 Å². The molecular weight excluding hydrogens is 336 g/mol. The number of nitrogens with one attached hydrogen (secondary N) is 1. The van der Waals surface area contributed by atoms with Gasteiger partial charge in [0.2, 0.25) is 0 Å². The van der Waals surface area contributed by atoms with E-state index < -0.39 is 0 Å². The summed E-state index contributed by atoms with van der Waals surface area (Å²) in [6, 6.07) is 19.5. The molecule has 134 valence electrons. The summed E-state index contributed by atoms with van der Waals surface area (Å²) >= 11 is 0. The molecule has 2 heterocycles. The zero-order chi connectivity index (χ0) is 19.0. The van der Waals surface area contributed by atoms with Crippen LogP contribution in [-0.4, -0.2) is 20.7 Å². The maximum absolute atomic E-state index is 13.1. The molecule has 4 aromatic rings. The number of nitrogens with zero attached hydrogens (tertiary/aromatic N) is 3. The molecule has 0 unspecified atom stereocenters. The van der Waals surface area contributed by atoms with Crippen molar-refractivity contribution in [3.8, 4) is 5.69 Å². The highest BCUT2D eigenvalue weighted by Crippen LogP contribution is 2.25. The standard InChI is InChI=1S/C22H20N4O/c1-14-13-20(18-11-7-8-12-19(18)23-14)24-22(27)21-15(2)25-26(16(21)3)17-9-5-4-6-10-17/h4-13H,1-3H3,(H,23,24,27). The van der Waals surface area contributed by atoms with E-state index in [9.17, 15) is 4.79 Å². The van der Waals surface area contributed by atoms with E-state index in [1.165, 1.54) is 0 Å². The van der Waals surface area contributed by atoms with Crippen LogP contribution in [0.1, 0.15) is 27.4 Å². The number of carbonyl (C=O) groups excluding carboxylic acids is 1. The monoisotopic (exact) mass is 356 g/mol. The molecule has 0 spiro atoms. The normalized spacial score (nSPS) is 10.9. The molecule has 0 aliphatic heterocycles. The SMILES string of the molecule is Cc1cc(NC(=O)c2c(C)nn(-c3ccccc3)c2C)c2ccccc2n1. The fourth-order valence-electron chi connectivity index (χ4n) is 3.39. The van der Waals surface area contributed by atoms with Crippen molar-refractivity contribution in [2.75, 3.05) is 5.32 Å². The second-order valence-corrected chi connectivity index (χ2v) is 6.58. The summed E-state index contributed by atoms with van der Waals surface area (Å²) in [4.78, 5) is 17.6. The third kappa shape index (κ3) is 3.08. The topological polar surface area (TPSA) is 59.8 Å². The molecule has 0 saturated heterocycles. The molecule has 1 N–H and O–H groups in total. The van der Waals surface area contributed by atoms with E-state index in [0.717, 1.165) is 33.7 Å². The van der Waals surface area contributed by atoms with Gasteiger partial charge in [0, 0.05) is 11.1 Å². The molecular formula is C22H20N4O. The number of carbonyl (C=O) groups is 1. The Labute approximate surface area is 157 Å². The van der Waals surface area contributed by atoms with Crippen molar-refractivity contribution in [1.29, 1.82) is 0 Å². The molecule has 5 heteroatoms. The van der Waals surface area contributed by atoms with Gasteiger partial charge in [-0.15, -0.1) is 0 Å². The van der Waals surface area contributed by atoms with Crippen LogP contribution in [0, 0.1) is 20.8 Å². The van der Waals surface area contributed by atoms with Crippen molar-refractivity contribution >= 4 is 22.5 Å². The first-order chi connectivity index (χ1) is 13.0. The smallest absolute Gasteiger partial charge is 0.259 e. The van der Waals surface area contributed by atoms with Crippen LogP contribution >= 0.6 is 0 Å². The zero-order valence-corrected chi connectivity index (χ0v) is 15.5. The van der Waals surface area contributed by atoms with Crippen LogP contribution in [0.2, 0.25) is 0 Å². The van der Waals surface area contributed by atoms with Crippen molar-refractivity contribution in [3.63, 3.8) is 0 Å². The summed E-state index contributed by atoms with van der Waals surface area (Å²) in [6.45, 7) is 5.70. The van der Waals surface area contributed by atoms with Gasteiger partial charge in [-0.3, -0.25) is 9.78 Å². The fourth-order valence-corrected chi connectivity index (χ4v) is 3.39. The van der Waals surface area contributed by atoms with Crippen LogP contribution < -0.4 is 5.32 Å². The number of benzene rings is 2. The van der Waals surface area contributed by atoms with Gasteiger partial charge in [-0.05, 0) is 45.0 Å². The van der Waals surface area contributed by atoms with Crippen LogP contribution in [0.3, 0.4) is 0 Å². The summed E-state index contributed by atoms with van der Waals surface area (Å²) in [5, 5.41) is 8.54. The van der Waals surface area contributed by atoms with Gasteiger partial charge in [-0.2, -0.15) is 5.10 Å². The highest BCUT2D eigenvalue weighted by molar-refractivity contribution is 6.09. The number of anilines is 1. The van der Waals surface area contributed by atoms with Gasteiger partial charge in [0.15, 0.2) is 0 Å². The second kappa shape index (κ2) is 6.68. The van der Waals surface area contributed by atoms with E-state index in [4.69, 9.17) is 0 Å². The number of para-hydroxylation sites is 2. The van der Waals surface area contributed by atoms with Gasteiger partial charge in [-0.25, -0.2) is 4.68 Å². The third-order valence-corrected chi connectivity index (χ3v) is 4.61. The van der Waals surface area contributed by atoms with Gasteiger partial charge in [-0.1, -0.05) is 36.4 Å². The molecule has 0 saturated carbocycles. The lowest BCUT2D eigenvalue weighted by Gasteiger charge is -2.10. The van der Waals surface area contributed by atoms with E-state index in [2.05, 4.69) is 15.4 Å². The molecule has 1 amide bonds. The molecule has 5 nitrogen and oxygen atoms in total. The van der Waals surface area contributed by atoms with Crippen molar-refractivity contribution < 1.29 is 4.79 Å². The Kier molecular flexibility index (Phi) is 4.20. The van der Waals surface area contributed by atoms with E-state index in [1.807, 2.05) is 81.4 Å². The lowest BCUT2D eigenvalue weighted by molar-refractivity contribution is 0.102. The van der Waals surface area contributed by atoms with E-state index in [-0.39, 0.29) is 5.91 Å². The van der Waals surface area contributed by atoms with Crippen molar-refractivity contribution in [1.82, 2.24) is 14.8 Å². The first-order valence-corrected chi connectivity index (χ1v) is 8.84. The minimum Gasteiger partial charge on any atom is -0.321 e. The quantitative estimate of drug-likeness (QED) is 0.584. The van der Waals surface area contributed by atoms with Crippen molar-refractivity contribution in [2.45, 2.75) is 20.8 Å². The number of hydrogen-bond donors (Lipinski definition) is 1.